The van der Waals surface area contributed by atoms with Gasteiger partial charge in [-0.05, 0) is 48.9 Å². The van der Waals surface area contributed by atoms with E-state index in [0.29, 0.717) is 16.9 Å². The monoisotopic (exact) mass is 447 g/mol. The Hall–Kier alpha value is -2.45. The SMILES string of the molecule is Cc1ccc(-n2ccnc(SCC(=O)Nc3ccc(Br)cc3)c2=O)cc1F. The minimum atomic E-state index is -0.401. The molecule has 0 aliphatic heterocycles. The summed E-state index contributed by atoms with van der Waals surface area (Å²) in [5.74, 6) is -0.607. The van der Waals surface area contributed by atoms with Crippen molar-refractivity contribution >= 4 is 39.3 Å². The summed E-state index contributed by atoms with van der Waals surface area (Å²) in [6.45, 7) is 1.65. The fourth-order valence-corrected chi connectivity index (χ4v) is 3.25. The molecule has 0 spiro atoms. The first kappa shape index (κ1) is 19.3. The van der Waals surface area contributed by atoms with Gasteiger partial charge in [0, 0.05) is 22.6 Å². The lowest BCUT2D eigenvalue weighted by Gasteiger charge is -2.09. The Kier molecular flexibility index (Phi) is 6.08. The summed E-state index contributed by atoms with van der Waals surface area (Å²) in [4.78, 5) is 28.7. The van der Waals surface area contributed by atoms with Gasteiger partial charge in [0.25, 0.3) is 5.56 Å². The first-order chi connectivity index (χ1) is 12.9. The van der Waals surface area contributed by atoms with E-state index in [0.717, 1.165) is 16.2 Å². The van der Waals surface area contributed by atoms with Crippen LogP contribution in [0.5, 0.6) is 0 Å². The molecule has 5 nitrogen and oxygen atoms in total. The molecule has 0 fully saturated rings. The van der Waals surface area contributed by atoms with E-state index in [1.807, 2.05) is 12.1 Å². The highest BCUT2D eigenvalue weighted by molar-refractivity contribution is 9.10. The number of nitrogens with one attached hydrogen (secondary N) is 1. The molecule has 1 heterocycles. The molecule has 0 saturated carbocycles. The normalized spacial score (nSPS) is 10.6. The third-order valence-electron chi connectivity index (χ3n) is 3.71. The maximum absolute atomic E-state index is 13.8. The molecule has 138 valence electrons. The standard InChI is InChI=1S/C19H15BrFN3O2S/c1-12-2-7-15(10-16(12)21)24-9-8-22-18(19(24)26)27-11-17(25)23-14-5-3-13(20)4-6-14/h2-10H,11H2,1H3,(H,23,25). The number of hydrogen-bond donors (Lipinski definition) is 1. The number of aryl methyl sites for hydroxylation is 1. The number of amides is 1. The average molecular weight is 448 g/mol. The average Bonchev–Trinajstić information content (AvgIpc) is 2.65. The third-order valence-corrected chi connectivity index (χ3v) is 5.20. The van der Waals surface area contributed by atoms with Gasteiger partial charge < -0.3 is 5.32 Å². The van der Waals surface area contributed by atoms with Gasteiger partial charge in [-0.3, -0.25) is 14.2 Å². The lowest BCUT2D eigenvalue weighted by molar-refractivity contribution is -0.113. The molecule has 1 amide bonds. The fourth-order valence-electron chi connectivity index (χ4n) is 2.29. The summed E-state index contributed by atoms with van der Waals surface area (Å²) in [5.41, 5.74) is 1.17. The van der Waals surface area contributed by atoms with Crippen molar-refractivity contribution in [3.05, 3.63) is 81.1 Å². The van der Waals surface area contributed by atoms with Crippen molar-refractivity contribution in [2.45, 2.75) is 11.9 Å². The van der Waals surface area contributed by atoms with E-state index < -0.39 is 5.56 Å². The first-order valence-corrected chi connectivity index (χ1v) is 9.74. The smallest absolute Gasteiger partial charge is 0.287 e. The van der Waals surface area contributed by atoms with E-state index in [4.69, 9.17) is 0 Å². The van der Waals surface area contributed by atoms with Crippen LogP contribution in [0.15, 0.2) is 69.2 Å². The third kappa shape index (κ3) is 4.84. The molecule has 0 aliphatic rings. The van der Waals surface area contributed by atoms with Gasteiger partial charge in [0.15, 0.2) is 5.03 Å². The largest absolute Gasteiger partial charge is 0.325 e. The van der Waals surface area contributed by atoms with Crippen LogP contribution in [0, 0.1) is 12.7 Å². The number of halogens is 2. The minimum absolute atomic E-state index is 0.0323. The van der Waals surface area contributed by atoms with Crippen LogP contribution in [0.25, 0.3) is 5.69 Å². The van der Waals surface area contributed by atoms with Gasteiger partial charge in [-0.2, -0.15) is 0 Å². The summed E-state index contributed by atoms with van der Waals surface area (Å²) < 4.78 is 16.0. The number of carbonyl (C=O) groups excluding carboxylic acids is 1. The molecule has 1 aromatic heterocycles. The van der Waals surface area contributed by atoms with E-state index in [1.54, 1.807) is 31.2 Å². The summed E-state index contributed by atoms with van der Waals surface area (Å²) in [6, 6.07) is 11.7. The van der Waals surface area contributed by atoms with E-state index in [-0.39, 0.29) is 22.5 Å². The molecule has 0 saturated heterocycles. The van der Waals surface area contributed by atoms with Gasteiger partial charge in [-0.25, -0.2) is 9.37 Å². The number of nitrogens with zero attached hydrogens (tertiary/aromatic N) is 2. The Morgan fingerprint density at radius 1 is 1.26 bits per heavy atom. The summed E-state index contributed by atoms with van der Waals surface area (Å²) in [5, 5.41) is 2.92. The number of thioether (sulfide) groups is 1. The zero-order valence-corrected chi connectivity index (χ0v) is 16.7. The summed E-state index contributed by atoms with van der Waals surface area (Å²) in [7, 11) is 0. The lowest BCUT2D eigenvalue weighted by Crippen LogP contribution is -2.22. The Bertz CT molecular complexity index is 1040. The molecule has 8 heteroatoms. The molecule has 0 unspecified atom stereocenters. The fraction of sp³-hybridized carbons (Fsp3) is 0.105. The zero-order valence-electron chi connectivity index (χ0n) is 14.3. The van der Waals surface area contributed by atoms with Gasteiger partial charge in [0.2, 0.25) is 5.91 Å². The Morgan fingerprint density at radius 3 is 2.70 bits per heavy atom. The molecule has 0 atom stereocenters. The lowest BCUT2D eigenvalue weighted by atomic mass is 10.2. The van der Waals surface area contributed by atoms with E-state index >= 15 is 0 Å². The predicted molar refractivity (Wildman–Crippen MR) is 108 cm³/mol. The highest BCUT2D eigenvalue weighted by atomic mass is 79.9. The molecule has 0 radical (unpaired) electrons. The zero-order chi connectivity index (χ0) is 19.4. The van der Waals surface area contributed by atoms with Gasteiger partial charge in [-0.1, -0.05) is 33.8 Å². The van der Waals surface area contributed by atoms with Crippen LogP contribution in [0.3, 0.4) is 0 Å². The van der Waals surface area contributed by atoms with Crippen LogP contribution >= 0.6 is 27.7 Å². The van der Waals surface area contributed by atoms with Crippen LogP contribution in [-0.4, -0.2) is 21.2 Å². The van der Waals surface area contributed by atoms with Crippen LogP contribution in [0.4, 0.5) is 10.1 Å². The van der Waals surface area contributed by atoms with Crippen molar-refractivity contribution in [2.24, 2.45) is 0 Å². The number of benzene rings is 2. The molecular weight excluding hydrogens is 433 g/mol. The van der Waals surface area contributed by atoms with Crippen molar-refractivity contribution in [2.75, 3.05) is 11.1 Å². The van der Waals surface area contributed by atoms with Crippen LogP contribution in [-0.2, 0) is 4.79 Å². The molecular formula is C19H15BrFN3O2S. The number of anilines is 1. The molecule has 3 aromatic rings. The maximum atomic E-state index is 13.8. The highest BCUT2D eigenvalue weighted by Gasteiger charge is 2.11. The predicted octanol–water partition coefficient (Wildman–Crippen LogP) is 4.17. The molecule has 27 heavy (non-hydrogen) atoms. The second-order valence-corrected chi connectivity index (χ2v) is 7.56. The summed E-state index contributed by atoms with van der Waals surface area (Å²) in [6.07, 6.45) is 2.92. The maximum Gasteiger partial charge on any atom is 0.287 e. The second-order valence-electron chi connectivity index (χ2n) is 5.68. The van der Waals surface area contributed by atoms with Gasteiger partial charge in [-0.15, -0.1) is 0 Å². The Balaban J connectivity index is 1.72. The molecule has 3 rings (SSSR count). The number of aromatic nitrogens is 2. The summed E-state index contributed by atoms with van der Waals surface area (Å²) >= 11 is 4.36. The van der Waals surface area contributed by atoms with E-state index in [9.17, 15) is 14.0 Å². The van der Waals surface area contributed by atoms with Crippen molar-refractivity contribution < 1.29 is 9.18 Å². The van der Waals surface area contributed by atoms with E-state index in [2.05, 4.69) is 26.2 Å². The van der Waals surface area contributed by atoms with Crippen molar-refractivity contribution in [1.29, 1.82) is 0 Å². The second kappa shape index (κ2) is 8.49. The van der Waals surface area contributed by atoms with Gasteiger partial charge in [0.1, 0.15) is 5.82 Å². The van der Waals surface area contributed by atoms with Crippen molar-refractivity contribution in [1.82, 2.24) is 9.55 Å². The van der Waals surface area contributed by atoms with Crippen molar-refractivity contribution in [3.63, 3.8) is 0 Å². The van der Waals surface area contributed by atoms with Crippen molar-refractivity contribution in [3.8, 4) is 5.69 Å². The van der Waals surface area contributed by atoms with Gasteiger partial charge in [0.05, 0.1) is 11.4 Å². The van der Waals surface area contributed by atoms with Crippen LogP contribution in [0.2, 0.25) is 0 Å². The Morgan fingerprint density at radius 2 is 2.00 bits per heavy atom. The van der Waals surface area contributed by atoms with Crippen LogP contribution in [0.1, 0.15) is 5.56 Å². The number of hydrogen-bond acceptors (Lipinski definition) is 4. The van der Waals surface area contributed by atoms with Gasteiger partial charge >= 0.3 is 0 Å². The quantitative estimate of drug-likeness (QED) is 0.596. The molecule has 2 aromatic carbocycles. The minimum Gasteiger partial charge on any atom is -0.325 e. The highest BCUT2D eigenvalue weighted by Crippen LogP contribution is 2.17. The first-order valence-electron chi connectivity index (χ1n) is 7.96. The number of rotatable bonds is 5. The topological polar surface area (TPSA) is 64.0 Å². The number of carbonyl (C=O) groups is 1. The van der Waals surface area contributed by atoms with E-state index in [1.165, 1.54) is 23.0 Å². The van der Waals surface area contributed by atoms with Crippen LogP contribution < -0.4 is 10.9 Å². The molecule has 0 aliphatic carbocycles. The molecule has 0 bridgehead atoms. The Labute approximate surface area is 167 Å². The molecule has 1 N–H and O–H groups in total.